The highest BCUT2D eigenvalue weighted by Crippen LogP contribution is 2.39. The van der Waals surface area contributed by atoms with Crippen LogP contribution in [0.3, 0.4) is 0 Å². The Morgan fingerprint density at radius 1 is 1.26 bits per heavy atom. The van der Waals surface area contributed by atoms with Gasteiger partial charge in [0.1, 0.15) is 0 Å². The van der Waals surface area contributed by atoms with Gasteiger partial charge < -0.3 is 10.2 Å². The van der Waals surface area contributed by atoms with Gasteiger partial charge in [0, 0.05) is 19.0 Å². The number of carbonyl (C=O) groups is 2. The van der Waals surface area contributed by atoms with Crippen LogP contribution in [-0.2, 0) is 15.1 Å². The second kappa shape index (κ2) is 7.82. The van der Waals surface area contributed by atoms with Gasteiger partial charge in [0.15, 0.2) is 5.54 Å². The zero-order valence-electron chi connectivity index (χ0n) is 14.8. The number of nitrogens with zero attached hydrogens (tertiary/aromatic N) is 2. The zero-order chi connectivity index (χ0) is 20.2. The number of piperidine rings is 1. The highest BCUT2D eigenvalue weighted by Gasteiger charge is 2.54. The highest BCUT2D eigenvalue weighted by molar-refractivity contribution is 5.87. The molecule has 1 atom stereocenters. The summed E-state index contributed by atoms with van der Waals surface area (Å²) in [6.45, 7) is 4.89. The number of nitrogens with one attached hydrogen (secondary N) is 1. The molecule has 2 rings (SSSR count). The maximum atomic E-state index is 13.8. The van der Waals surface area contributed by atoms with Crippen molar-refractivity contribution in [2.75, 3.05) is 13.1 Å². The molecule has 144 valence electrons. The molecular formula is C19H20F3N3O2. The van der Waals surface area contributed by atoms with Gasteiger partial charge in [0.25, 0.3) is 0 Å². The summed E-state index contributed by atoms with van der Waals surface area (Å²) in [4.78, 5) is 25.6. The van der Waals surface area contributed by atoms with Gasteiger partial charge in [-0.05, 0) is 43.5 Å². The minimum atomic E-state index is -4.73. The molecule has 0 bridgehead atoms. The Bertz CT molecular complexity index is 760. The van der Waals surface area contributed by atoms with Gasteiger partial charge >= 0.3 is 6.18 Å². The largest absolute Gasteiger partial charge is 0.415 e. The second-order valence-corrected chi connectivity index (χ2v) is 6.60. The van der Waals surface area contributed by atoms with Crippen LogP contribution in [-0.4, -0.2) is 36.0 Å². The normalized spacial score (nSPS) is 17.5. The molecule has 0 radical (unpaired) electrons. The molecule has 1 aromatic rings. The van der Waals surface area contributed by atoms with Crippen molar-refractivity contribution in [3.8, 4) is 6.07 Å². The molecule has 0 aliphatic carbocycles. The Morgan fingerprint density at radius 2 is 1.81 bits per heavy atom. The van der Waals surface area contributed by atoms with Gasteiger partial charge in [-0.1, -0.05) is 18.7 Å². The lowest BCUT2D eigenvalue weighted by Gasteiger charge is -2.36. The maximum Gasteiger partial charge on any atom is 0.415 e. The number of carbonyl (C=O) groups excluding carboxylic acids is 2. The number of rotatable bonds is 4. The van der Waals surface area contributed by atoms with Crippen LogP contribution in [0.15, 0.2) is 36.9 Å². The average Bonchev–Trinajstić information content (AvgIpc) is 2.66. The van der Waals surface area contributed by atoms with E-state index in [4.69, 9.17) is 5.26 Å². The quantitative estimate of drug-likeness (QED) is 0.818. The molecule has 1 saturated heterocycles. The van der Waals surface area contributed by atoms with E-state index in [0.717, 1.165) is 6.92 Å². The molecule has 5 nitrogen and oxygen atoms in total. The van der Waals surface area contributed by atoms with Crippen molar-refractivity contribution in [2.45, 2.75) is 31.5 Å². The SMILES string of the molecule is C=CC(=O)N1CCC(C(=O)NC(C)(c2ccc(C#N)cc2)C(F)(F)F)CC1. The summed E-state index contributed by atoms with van der Waals surface area (Å²) in [5.74, 6) is -1.57. The summed E-state index contributed by atoms with van der Waals surface area (Å²) in [5.41, 5.74) is -2.50. The van der Waals surface area contributed by atoms with Gasteiger partial charge in [0.05, 0.1) is 11.6 Å². The number of hydrogen-bond acceptors (Lipinski definition) is 3. The molecule has 1 aliphatic rings. The predicted molar refractivity (Wildman–Crippen MR) is 92.2 cm³/mol. The van der Waals surface area contributed by atoms with Crippen LogP contribution >= 0.6 is 0 Å². The van der Waals surface area contributed by atoms with Gasteiger partial charge in [-0.3, -0.25) is 9.59 Å². The van der Waals surface area contributed by atoms with Crippen LogP contribution in [0.5, 0.6) is 0 Å². The van der Waals surface area contributed by atoms with Crippen molar-refractivity contribution in [1.29, 1.82) is 5.26 Å². The molecule has 0 saturated carbocycles. The van der Waals surface area contributed by atoms with Crippen molar-refractivity contribution in [1.82, 2.24) is 10.2 Å². The second-order valence-electron chi connectivity index (χ2n) is 6.60. The fourth-order valence-corrected chi connectivity index (χ4v) is 3.02. The van der Waals surface area contributed by atoms with Gasteiger partial charge in [-0.15, -0.1) is 0 Å². The summed E-state index contributed by atoms with van der Waals surface area (Å²) in [6.07, 6.45) is -2.98. The Kier molecular flexibility index (Phi) is 5.94. The van der Waals surface area contributed by atoms with E-state index in [-0.39, 0.29) is 29.9 Å². The summed E-state index contributed by atoms with van der Waals surface area (Å²) < 4.78 is 41.3. The smallest absolute Gasteiger partial charge is 0.339 e. The molecule has 0 spiro atoms. The van der Waals surface area contributed by atoms with Crippen molar-refractivity contribution in [2.24, 2.45) is 5.92 Å². The summed E-state index contributed by atoms with van der Waals surface area (Å²) in [5, 5.41) is 11.0. The topological polar surface area (TPSA) is 73.2 Å². The number of benzene rings is 1. The number of likely N-dealkylation sites (tertiary alicyclic amines) is 1. The first-order valence-corrected chi connectivity index (χ1v) is 8.43. The summed E-state index contributed by atoms with van der Waals surface area (Å²) in [6, 6.07) is 6.80. The molecule has 0 aromatic heterocycles. The lowest BCUT2D eigenvalue weighted by Crippen LogP contribution is -2.56. The Hall–Kier alpha value is -2.82. The Balaban J connectivity index is 2.17. The number of nitriles is 1. The van der Waals surface area contributed by atoms with E-state index in [1.165, 1.54) is 35.2 Å². The van der Waals surface area contributed by atoms with E-state index in [1.807, 2.05) is 6.07 Å². The average molecular weight is 379 g/mol. The first kappa shape index (κ1) is 20.5. The van der Waals surface area contributed by atoms with Crippen molar-refractivity contribution in [3.05, 3.63) is 48.0 Å². The molecule has 1 fully saturated rings. The standard InChI is InChI=1S/C19H20F3N3O2/c1-3-16(26)25-10-8-14(9-11-25)17(27)24-18(2,19(20,21)22)15-6-4-13(12-23)5-7-15/h3-7,14H,1,8-11H2,2H3,(H,24,27). The molecule has 2 amide bonds. The van der Waals surface area contributed by atoms with E-state index >= 15 is 0 Å². The fourth-order valence-electron chi connectivity index (χ4n) is 3.02. The first-order valence-electron chi connectivity index (χ1n) is 8.43. The summed E-state index contributed by atoms with van der Waals surface area (Å²) in [7, 11) is 0. The van der Waals surface area contributed by atoms with Gasteiger partial charge in [0.2, 0.25) is 11.8 Å². The van der Waals surface area contributed by atoms with Crippen LogP contribution in [0.2, 0.25) is 0 Å². The van der Waals surface area contributed by atoms with Crippen LogP contribution in [0.1, 0.15) is 30.9 Å². The molecule has 27 heavy (non-hydrogen) atoms. The molecule has 1 unspecified atom stereocenters. The minimum absolute atomic E-state index is 0.151. The molecule has 8 heteroatoms. The van der Waals surface area contributed by atoms with Gasteiger partial charge in [-0.25, -0.2) is 0 Å². The van der Waals surface area contributed by atoms with E-state index in [1.54, 1.807) is 0 Å². The lowest BCUT2D eigenvalue weighted by molar-refractivity contribution is -0.198. The minimum Gasteiger partial charge on any atom is -0.339 e. The Morgan fingerprint density at radius 3 is 2.26 bits per heavy atom. The van der Waals surface area contributed by atoms with Crippen molar-refractivity contribution < 1.29 is 22.8 Å². The Labute approximate surface area is 155 Å². The van der Waals surface area contributed by atoms with E-state index in [0.29, 0.717) is 13.1 Å². The molecule has 1 N–H and O–H groups in total. The van der Waals surface area contributed by atoms with Crippen molar-refractivity contribution >= 4 is 11.8 Å². The zero-order valence-corrected chi connectivity index (χ0v) is 14.8. The number of hydrogen-bond donors (Lipinski definition) is 1. The van der Waals surface area contributed by atoms with Gasteiger partial charge in [-0.2, -0.15) is 18.4 Å². The van der Waals surface area contributed by atoms with Crippen LogP contribution < -0.4 is 5.32 Å². The molecule has 1 heterocycles. The molecular weight excluding hydrogens is 359 g/mol. The molecule has 1 aliphatic heterocycles. The summed E-state index contributed by atoms with van der Waals surface area (Å²) >= 11 is 0. The molecule has 1 aromatic carbocycles. The number of amides is 2. The van der Waals surface area contributed by atoms with E-state index in [2.05, 4.69) is 11.9 Å². The van der Waals surface area contributed by atoms with E-state index in [9.17, 15) is 22.8 Å². The third-order valence-electron chi connectivity index (χ3n) is 4.88. The third-order valence-corrected chi connectivity index (χ3v) is 4.88. The number of alkyl halides is 3. The fraction of sp³-hybridized carbons (Fsp3) is 0.421. The highest BCUT2D eigenvalue weighted by atomic mass is 19.4. The third kappa shape index (κ3) is 4.30. The van der Waals surface area contributed by atoms with Crippen molar-refractivity contribution in [3.63, 3.8) is 0 Å². The van der Waals surface area contributed by atoms with Crippen LogP contribution in [0.25, 0.3) is 0 Å². The van der Waals surface area contributed by atoms with Crippen LogP contribution in [0, 0.1) is 17.2 Å². The number of halogens is 3. The van der Waals surface area contributed by atoms with Crippen LogP contribution in [0.4, 0.5) is 13.2 Å². The van der Waals surface area contributed by atoms with E-state index < -0.39 is 23.5 Å². The monoisotopic (exact) mass is 379 g/mol. The lowest BCUT2D eigenvalue weighted by atomic mass is 9.88. The maximum absolute atomic E-state index is 13.8. The first-order chi connectivity index (χ1) is 12.6. The predicted octanol–water partition coefficient (Wildman–Crippen LogP) is 2.88.